The second-order valence-electron chi connectivity index (χ2n) is 5.84. The van der Waals surface area contributed by atoms with Gasteiger partial charge in [0.2, 0.25) is 15.9 Å². The highest BCUT2D eigenvalue weighted by Gasteiger charge is 2.17. The van der Waals surface area contributed by atoms with E-state index in [1.165, 1.54) is 10.6 Å². The fraction of sp³-hybridized carbons (Fsp3) is 0.278. The highest BCUT2D eigenvalue weighted by molar-refractivity contribution is 9.10. The minimum atomic E-state index is -3.40. The summed E-state index contributed by atoms with van der Waals surface area (Å²) >= 11 is 3.35. The van der Waals surface area contributed by atoms with Gasteiger partial charge in [-0.2, -0.15) is 0 Å². The first-order valence-corrected chi connectivity index (χ1v) is 10.5. The lowest BCUT2D eigenvalue weighted by atomic mass is 10.2. The fourth-order valence-corrected chi connectivity index (χ4v) is 3.80. The van der Waals surface area contributed by atoms with Gasteiger partial charge in [-0.15, -0.1) is 0 Å². The molecule has 0 heterocycles. The van der Waals surface area contributed by atoms with Crippen LogP contribution in [0.2, 0.25) is 0 Å². The molecule has 0 aromatic heterocycles. The molecule has 0 saturated carbocycles. The van der Waals surface area contributed by atoms with Crippen molar-refractivity contribution in [3.8, 4) is 0 Å². The molecule has 0 aliphatic rings. The van der Waals surface area contributed by atoms with Crippen molar-refractivity contribution in [3.63, 3.8) is 0 Å². The van der Waals surface area contributed by atoms with E-state index in [2.05, 4.69) is 21.2 Å². The van der Waals surface area contributed by atoms with Gasteiger partial charge in [0.05, 0.1) is 11.9 Å². The molecule has 0 aliphatic heterocycles. The summed E-state index contributed by atoms with van der Waals surface area (Å²) in [5.41, 5.74) is 2.31. The van der Waals surface area contributed by atoms with Gasteiger partial charge in [-0.3, -0.25) is 9.10 Å². The average Bonchev–Trinajstić information content (AvgIpc) is 2.50. The molecule has 0 aliphatic carbocycles. The Labute approximate surface area is 157 Å². The number of aryl methyl sites for hydroxylation is 1. The summed E-state index contributed by atoms with van der Waals surface area (Å²) in [6.45, 7) is 2.17. The summed E-state index contributed by atoms with van der Waals surface area (Å²) in [4.78, 5) is 12.1. The molecule has 1 amide bonds. The second kappa shape index (κ2) is 8.49. The van der Waals surface area contributed by atoms with Crippen LogP contribution in [-0.2, 0) is 14.8 Å². The Morgan fingerprint density at radius 2 is 1.88 bits per heavy atom. The van der Waals surface area contributed by atoms with Crippen molar-refractivity contribution in [2.75, 3.05) is 22.4 Å². The van der Waals surface area contributed by atoms with Crippen molar-refractivity contribution in [3.05, 3.63) is 58.6 Å². The second-order valence-corrected chi connectivity index (χ2v) is 8.66. The predicted molar refractivity (Wildman–Crippen MR) is 105 cm³/mol. The normalized spacial score (nSPS) is 11.2. The van der Waals surface area contributed by atoms with Crippen LogP contribution in [0.1, 0.15) is 18.4 Å². The minimum Gasteiger partial charge on any atom is -0.326 e. The van der Waals surface area contributed by atoms with Gasteiger partial charge in [0.1, 0.15) is 0 Å². The van der Waals surface area contributed by atoms with E-state index in [1.54, 1.807) is 12.1 Å². The number of sulfonamides is 1. The van der Waals surface area contributed by atoms with Gasteiger partial charge in [-0.05, 0) is 49.2 Å². The monoisotopic (exact) mass is 424 g/mol. The summed E-state index contributed by atoms with van der Waals surface area (Å²) in [7, 11) is -3.40. The van der Waals surface area contributed by atoms with Gasteiger partial charge in [0.25, 0.3) is 0 Å². The van der Waals surface area contributed by atoms with E-state index >= 15 is 0 Å². The number of nitrogens with one attached hydrogen (secondary N) is 1. The summed E-state index contributed by atoms with van der Waals surface area (Å²) in [5.74, 6) is -0.143. The minimum absolute atomic E-state index is 0.143. The Bertz CT molecular complexity index is 853. The fourth-order valence-electron chi connectivity index (χ4n) is 2.44. The van der Waals surface area contributed by atoms with E-state index < -0.39 is 10.0 Å². The number of amides is 1. The zero-order valence-electron chi connectivity index (χ0n) is 14.2. The van der Waals surface area contributed by atoms with E-state index in [0.29, 0.717) is 17.8 Å². The third kappa shape index (κ3) is 6.17. The highest BCUT2D eigenvalue weighted by Crippen LogP contribution is 2.20. The topological polar surface area (TPSA) is 66.5 Å². The maximum absolute atomic E-state index is 12.1. The number of anilines is 2. The van der Waals surface area contributed by atoms with E-state index in [9.17, 15) is 13.2 Å². The van der Waals surface area contributed by atoms with Crippen LogP contribution in [0.25, 0.3) is 0 Å². The van der Waals surface area contributed by atoms with Crippen molar-refractivity contribution < 1.29 is 13.2 Å². The average molecular weight is 425 g/mol. The van der Waals surface area contributed by atoms with Crippen LogP contribution in [0.4, 0.5) is 11.4 Å². The molecule has 0 spiro atoms. The molecular weight excluding hydrogens is 404 g/mol. The van der Waals surface area contributed by atoms with Gasteiger partial charge in [0, 0.05) is 23.1 Å². The van der Waals surface area contributed by atoms with Crippen LogP contribution < -0.4 is 9.62 Å². The SMILES string of the molecule is Cc1cccc(N(CCCC(=O)Nc2cccc(Br)c2)S(C)(=O)=O)c1. The zero-order chi connectivity index (χ0) is 18.4. The van der Waals surface area contributed by atoms with Crippen molar-refractivity contribution in [1.29, 1.82) is 0 Å². The van der Waals surface area contributed by atoms with Gasteiger partial charge in [0.15, 0.2) is 0 Å². The van der Waals surface area contributed by atoms with Crippen LogP contribution in [0, 0.1) is 6.92 Å². The molecule has 2 aromatic rings. The maximum Gasteiger partial charge on any atom is 0.232 e. The first kappa shape index (κ1) is 19.5. The van der Waals surface area contributed by atoms with Crippen LogP contribution >= 0.6 is 15.9 Å². The molecular formula is C18H21BrN2O3S. The van der Waals surface area contributed by atoms with Crippen molar-refractivity contribution in [1.82, 2.24) is 0 Å². The Morgan fingerprint density at radius 3 is 2.52 bits per heavy atom. The van der Waals surface area contributed by atoms with Crippen molar-refractivity contribution in [2.24, 2.45) is 0 Å². The van der Waals surface area contributed by atoms with Crippen molar-refractivity contribution in [2.45, 2.75) is 19.8 Å². The molecule has 0 bridgehead atoms. The molecule has 2 aromatic carbocycles. The Balaban J connectivity index is 1.96. The molecule has 134 valence electrons. The number of hydrogen-bond donors (Lipinski definition) is 1. The first-order chi connectivity index (χ1) is 11.8. The lowest BCUT2D eigenvalue weighted by Gasteiger charge is -2.22. The molecule has 7 heteroatoms. The molecule has 1 N–H and O–H groups in total. The molecule has 25 heavy (non-hydrogen) atoms. The predicted octanol–water partition coefficient (Wildman–Crippen LogP) is 3.94. The Morgan fingerprint density at radius 1 is 1.16 bits per heavy atom. The molecule has 0 fully saturated rings. The lowest BCUT2D eigenvalue weighted by molar-refractivity contribution is -0.116. The van der Waals surface area contributed by atoms with Crippen LogP contribution in [0.3, 0.4) is 0 Å². The van der Waals surface area contributed by atoms with E-state index in [0.717, 1.165) is 10.0 Å². The molecule has 0 radical (unpaired) electrons. The number of rotatable bonds is 7. The van der Waals surface area contributed by atoms with Crippen LogP contribution in [0.15, 0.2) is 53.0 Å². The Hall–Kier alpha value is -1.86. The quantitative estimate of drug-likeness (QED) is 0.731. The standard InChI is InChI=1S/C18H21BrN2O3S/c1-14-6-3-9-17(12-14)21(25(2,23)24)11-5-10-18(22)20-16-8-4-7-15(19)13-16/h3-4,6-9,12-13H,5,10-11H2,1-2H3,(H,20,22). The third-order valence-electron chi connectivity index (χ3n) is 3.56. The number of carbonyl (C=O) groups is 1. The summed E-state index contributed by atoms with van der Waals surface area (Å²) in [5, 5.41) is 2.81. The molecule has 0 atom stereocenters. The van der Waals surface area contributed by atoms with Crippen molar-refractivity contribution >= 4 is 43.2 Å². The molecule has 0 unspecified atom stereocenters. The number of nitrogens with zero attached hydrogens (tertiary/aromatic N) is 1. The van der Waals surface area contributed by atoms with Gasteiger partial charge >= 0.3 is 0 Å². The third-order valence-corrected chi connectivity index (χ3v) is 5.25. The summed E-state index contributed by atoms with van der Waals surface area (Å²) < 4.78 is 26.4. The molecule has 2 rings (SSSR count). The van der Waals surface area contributed by atoms with Crippen LogP contribution in [0.5, 0.6) is 0 Å². The first-order valence-electron chi connectivity index (χ1n) is 7.85. The van der Waals surface area contributed by atoms with E-state index in [-0.39, 0.29) is 18.9 Å². The summed E-state index contributed by atoms with van der Waals surface area (Å²) in [6, 6.07) is 14.6. The van der Waals surface area contributed by atoms with Gasteiger partial charge in [-0.25, -0.2) is 8.42 Å². The maximum atomic E-state index is 12.1. The van der Waals surface area contributed by atoms with Gasteiger partial charge < -0.3 is 5.32 Å². The Kier molecular flexibility index (Phi) is 6.61. The van der Waals surface area contributed by atoms with Gasteiger partial charge in [-0.1, -0.05) is 34.1 Å². The molecule has 0 saturated heterocycles. The summed E-state index contributed by atoms with van der Waals surface area (Å²) in [6.07, 6.45) is 1.85. The smallest absolute Gasteiger partial charge is 0.232 e. The molecule has 5 nitrogen and oxygen atoms in total. The van der Waals surface area contributed by atoms with E-state index in [4.69, 9.17) is 0 Å². The lowest BCUT2D eigenvalue weighted by Crippen LogP contribution is -2.31. The zero-order valence-corrected chi connectivity index (χ0v) is 16.6. The van der Waals surface area contributed by atoms with E-state index in [1.807, 2.05) is 43.3 Å². The number of benzene rings is 2. The largest absolute Gasteiger partial charge is 0.326 e. The number of hydrogen-bond acceptors (Lipinski definition) is 3. The number of carbonyl (C=O) groups excluding carboxylic acids is 1. The van der Waals surface area contributed by atoms with Crippen LogP contribution in [-0.4, -0.2) is 27.1 Å². The highest BCUT2D eigenvalue weighted by atomic mass is 79.9. The number of halogens is 1.